The number of nitro groups is 1. The van der Waals surface area contributed by atoms with Crippen molar-refractivity contribution < 1.29 is 19.2 Å². The molecule has 0 radical (unpaired) electrons. The van der Waals surface area contributed by atoms with Crippen molar-refractivity contribution >= 4 is 17.7 Å². The van der Waals surface area contributed by atoms with Gasteiger partial charge in [-0.2, -0.15) is 0 Å². The van der Waals surface area contributed by atoms with E-state index in [1.165, 1.54) is 12.1 Å². The molecule has 0 unspecified atom stereocenters. The van der Waals surface area contributed by atoms with Crippen LogP contribution in [0.3, 0.4) is 0 Å². The Kier molecular flexibility index (Phi) is 5.84. The van der Waals surface area contributed by atoms with Crippen LogP contribution < -0.4 is 5.32 Å². The van der Waals surface area contributed by atoms with Gasteiger partial charge in [-0.15, -0.1) is 0 Å². The third-order valence-electron chi connectivity index (χ3n) is 4.08. The Balaban J connectivity index is 1.96. The third kappa shape index (κ3) is 5.18. The summed E-state index contributed by atoms with van der Waals surface area (Å²) >= 11 is 0. The highest BCUT2D eigenvalue weighted by molar-refractivity contribution is 5.98. The number of rotatable bonds is 3. The van der Waals surface area contributed by atoms with Crippen molar-refractivity contribution in [3.8, 4) is 0 Å². The van der Waals surface area contributed by atoms with E-state index in [0.717, 1.165) is 5.56 Å². The van der Waals surface area contributed by atoms with Crippen LogP contribution in [-0.4, -0.2) is 46.6 Å². The Morgan fingerprint density at radius 1 is 1.27 bits per heavy atom. The number of carbonyl (C=O) groups is 2. The van der Waals surface area contributed by atoms with Crippen molar-refractivity contribution in [1.29, 1.82) is 0 Å². The second kappa shape index (κ2) is 7.72. The molecule has 1 aliphatic rings. The minimum Gasteiger partial charge on any atom is -0.444 e. The number of piperidine rings is 1. The van der Waals surface area contributed by atoms with E-state index in [2.05, 4.69) is 5.32 Å². The van der Waals surface area contributed by atoms with Gasteiger partial charge >= 0.3 is 6.09 Å². The molecule has 0 aliphatic carbocycles. The van der Waals surface area contributed by atoms with Gasteiger partial charge in [-0.25, -0.2) is 4.79 Å². The summed E-state index contributed by atoms with van der Waals surface area (Å²) in [5.74, 6) is -0.462. The molecule has 2 rings (SSSR count). The van der Waals surface area contributed by atoms with Crippen LogP contribution in [0.5, 0.6) is 0 Å². The molecule has 1 fully saturated rings. The van der Waals surface area contributed by atoms with Crippen LogP contribution >= 0.6 is 0 Å². The minimum atomic E-state index is -0.556. The summed E-state index contributed by atoms with van der Waals surface area (Å²) in [5.41, 5.74) is 0.0797. The molecule has 0 atom stereocenters. The van der Waals surface area contributed by atoms with Crippen molar-refractivity contribution in [1.82, 2.24) is 10.2 Å². The van der Waals surface area contributed by atoms with Crippen LogP contribution in [0.4, 0.5) is 10.5 Å². The van der Waals surface area contributed by atoms with E-state index in [4.69, 9.17) is 4.74 Å². The average molecular weight is 363 g/mol. The van der Waals surface area contributed by atoms with E-state index in [1.54, 1.807) is 17.9 Å². The van der Waals surface area contributed by atoms with Crippen molar-refractivity contribution in [2.45, 2.75) is 52.2 Å². The average Bonchev–Trinajstić information content (AvgIpc) is 2.53. The van der Waals surface area contributed by atoms with E-state index in [1.807, 2.05) is 20.8 Å². The van der Waals surface area contributed by atoms with Gasteiger partial charge in [0.15, 0.2) is 0 Å². The summed E-state index contributed by atoms with van der Waals surface area (Å²) in [5, 5.41) is 14.0. The summed E-state index contributed by atoms with van der Waals surface area (Å²) in [6, 6.07) is 4.33. The largest absolute Gasteiger partial charge is 0.444 e. The number of ether oxygens (including phenoxy) is 1. The molecule has 1 aliphatic heterocycles. The monoisotopic (exact) mass is 363 g/mol. The van der Waals surface area contributed by atoms with E-state index in [9.17, 15) is 19.7 Å². The van der Waals surface area contributed by atoms with Gasteiger partial charge < -0.3 is 15.0 Å². The molecular weight excluding hydrogens is 338 g/mol. The molecule has 0 bridgehead atoms. The second-order valence-electron chi connectivity index (χ2n) is 7.49. The van der Waals surface area contributed by atoms with Crippen molar-refractivity contribution in [3.63, 3.8) is 0 Å². The maximum atomic E-state index is 12.5. The van der Waals surface area contributed by atoms with E-state index < -0.39 is 16.4 Å². The Bertz CT molecular complexity index is 703. The third-order valence-corrected chi connectivity index (χ3v) is 4.08. The highest BCUT2D eigenvalue weighted by Crippen LogP contribution is 2.21. The van der Waals surface area contributed by atoms with E-state index in [0.29, 0.717) is 25.9 Å². The van der Waals surface area contributed by atoms with Gasteiger partial charge in [-0.1, -0.05) is 6.07 Å². The first kappa shape index (κ1) is 19.7. The number of hydrogen-bond donors (Lipinski definition) is 1. The van der Waals surface area contributed by atoms with E-state index in [-0.39, 0.29) is 23.4 Å². The lowest BCUT2D eigenvalue weighted by molar-refractivity contribution is -0.385. The fourth-order valence-corrected chi connectivity index (χ4v) is 2.79. The lowest BCUT2D eigenvalue weighted by Crippen LogP contribution is -2.47. The molecule has 26 heavy (non-hydrogen) atoms. The van der Waals surface area contributed by atoms with Gasteiger partial charge in [0.1, 0.15) is 11.2 Å². The molecular formula is C18H25N3O5. The van der Waals surface area contributed by atoms with Crippen molar-refractivity contribution in [2.75, 3.05) is 13.1 Å². The fourth-order valence-electron chi connectivity index (χ4n) is 2.79. The molecule has 142 valence electrons. The fraction of sp³-hybridized carbons (Fsp3) is 0.556. The van der Waals surface area contributed by atoms with Gasteiger partial charge in [-0.3, -0.25) is 14.9 Å². The first-order chi connectivity index (χ1) is 12.1. The molecule has 1 saturated heterocycles. The Labute approximate surface area is 152 Å². The van der Waals surface area contributed by atoms with Crippen molar-refractivity contribution in [3.05, 3.63) is 39.4 Å². The van der Waals surface area contributed by atoms with Crippen LogP contribution in [0.25, 0.3) is 0 Å². The zero-order chi connectivity index (χ0) is 19.5. The maximum absolute atomic E-state index is 12.5. The first-order valence-corrected chi connectivity index (χ1v) is 8.60. The predicted octanol–water partition coefficient (Wildman–Crippen LogP) is 3.03. The molecule has 8 nitrogen and oxygen atoms in total. The van der Waals surface area contributed by atoms with Gasteiger partial charge in [0.2, 0.25) is 0 Å². The summed E-state index contributed by atoms with van der Waals surface area (Å²) in [4.78, 5) is 36.7. The number of aryl methyl sites for hydroxylation is 1. The van der Waals surface area contributed by atoms with Crippen LogP contribution in [0, 0.1) is 17.0 Å². The SMILES string of the molecule is Cc1ccc([N+](=O)[O-])c(C(=O)NC2CCN(C(=O)OC(C)(C)C)CC2)c1. The highest BCUT2D eigenvalue weighted by Gasteiger charge is 2.29. The summed E-state index contributed by atoms with van der Waals surface area (Å²) in [6.07, 6.45) is 0.784. The lowest BCUT2D eigenvalue weighted by atomic mass is 10.0. The topological polar surface area (TPSA) is 102 Å². The number of hydrogen-bond acceptors (Lipinski definition) is 5. The number of nitrogens with one attached hydrogen (secondary N) is 1. The number of benzene rings is 1. The summed E-state index contributed by atoms with van der Waals surface area (Å²) in [6.45, 7) is 8.15. The van der Waals surface area contributed by atoms with Crippen LogP contribution in [-0.2, 0) is 4.74 Å². The number of amides is 2. The normalized spacial score (nSPS) is 15.5. The number of likely N-dealkylation sites (tertiary alicyclic amines) is 1. The van der Waals surface area contributed by atoms with Crippen LogP contribution in [0.1, 0.15) is 49.5 Å². The number of carbonyl (C=O) groups excluding carboxylic acids is 2. The standard InChI is InChI=1S/C18H25N3O5/c1-12-5-6-15(21(24)25)14(11-12)16(22)19-13-7-9-20(10-8-13)17(23)26-18(2,3)4/h5-6,11,13H,7-10H2,1-4H3,(H,19,22). The predicted molar refractivity (Wildman–Crippen MR) is 96.1 cm³/mol. The van der Waals surface area contributed by atoms with E-state index >= 15 is 0 Å². The summed E-state index contributed by atoms with van der Waals surface area (Å²) < 4.78 is 5.34. The van der Waals surface area contributed by atoms with Crippen LogP contribution in [0.15, 0.2) is 18.2 Å². The Morgan fingerprint density at radius 3 is 2.42 bits per heavy atom. The minimum absolute atomic E-state index is 0.0598. The molecule has 1 aromatic carbocycles. The zero-order valence-corrected chi connectivity index (χ0v) is 15.6. The zero-order valence-electron chi connectivity index (χ0n) is 15.6. The first-order valence-electron chi connectivity index (χ1n) is 8.60. The van der Waals surface area contributed by atoms with Gasteiger partial charge in [0.05, 0.1) is 4.92 Å². The Morgan fingerprint density at radius 2 is 1.88 bits per heavy atom. The molecule has 1 heterocycles. The molecule has 2 amide bonds. The second-order valence-corrected chi connectivity index (χ2v) is 7.49. The van der Waals surface area contributed by atoms with Gasteiger partial charge in [0.25, 0.3) is 11.6 Å². The molecule has 8 heteroatoms. The molecule has 0 saturated carbocycles. The van der Waals surface area contributed by atoms with Crippen LogP contribution in [0.2, 0.25) is 0 Å². The quantitative estimate of drug-likeness (QED) is 0.657. The molecule has 1 N–H and O–H groups in total. The van der Waals surface area contributed by atoms with Gasteiger partial charge in [0, 0.05) is 25.2 Å². The maximum Gasteiger partial charge on any atom is 0.410 e. The highest BCUT2D eigenvalue weighted by atomic mass is 16.6. The van der Waals surface area contributed by atoms with Gasteiger partial charge in [-0.05, 0) is 52.2 Å². The molecule has 1 aromatic rings. The lowest BCUT2D eigenvalue weighted by Gasteiger charge is -2.33. The Hall–Kier alpha value is -2.64. The smallest absolute Gasteiger partial charge is 0.410 e. The molecule has 0 aromatic heterocycles. The summed E-state index contributed by atoms with van der Waals surface area (Å²) in [7, 11) is 0. The molecule has 0 spiro atoms. The number of nitrogens with zero attached hydrogens (tertiary/aromatic N) is 2. The number of nitro benzene ring substituents is 1. The van der Waals surface area contributed by atoms with Crippen molar-refractivity contribution in [2.24, 2.45) is 0 Å².